The summed E-state index contributed by atoms with van der Waals surface area (Å²) < 4.78 is 0. The van der Waals surface area contributed by atoms with Crippen LogP contribution in [0.5, 0.6) is 0 Å². The maximum absolute atomic E-state index is 13.2. The van der Waals surface area contributed by atoms with Crippen molar-refractivity contribution in [3.05, 3.63) is 71.8 Å². The van der Waals surface area contributed by atoms with Gasteiger partial charge in [0.1, 0.15) is 0 Å². The molecule has 24 heavy (non-hydrogen) atoms. The number of carbonyl (C=O) groups is 2. The zero-order valence-corrected chi connectivity index (χ0v) is 13.9. The fourth-order valence-electron chi connectivity index (χ4n) is 3.19. The molecule has 0 unspecified atom stereocenters. The number of benzene rings is 2. The predicted molar refractivity (Wildman–Crippen MR) is 93.6 cm³/mol. The molecule has 2 aromatic rings. The third-order valence-corrected chi connectivity index (χ3v) is 4.55. The van der Waals surface area contributed by atoms with Crippen LogP contribution < -0.4 is 0 Å². The Bertz CT molecular complexity index is 653. The number of amides is 2. The van der Waals surface area contributed by atoms with E-state index in [4.69, 9.17) is 0 Å². The van der Waals surface area contributed by atoms with Gasteiger partial charge in [0.2, 0.25) is 11.8 Å². The molecule has 1 saturated heterocycles. The minimum Gasteiger partial charge on any atom is -0.339 e. The summed E-state index contributed by atoms with van der Waals surface area (Å²) in [6.07, 6.45) is 0. The van der Waals surface area contributed by atoms with Crippen molar-refractivity contribution in [2.24, 2.45) is 0 Å². The van der Waals surface area contributed by atoms with Crippen LogP contribution in [0.4, 0.5) is 0 Å². The second-order valence-electron chi connectivity index (χ2n) is 6.09. The molecule has 124 valence electrons. The molecule has 0 aromatic heterocycles. The van der Waals surface area contributed by atoms with Gasteiger partial charge in [-0.05, 0) is 11.1 Å². The van der Waals surface area contributed by atoms with Gasteiger partial charge in [-0.15, -0.1) is 0 Å². The van der Waals surface area contributed by atoms with Gasteiger partial charge >= 0.3 is 0 Å². The van der Waals surface area contributed by atoms with Crippen molar-refractivity contribution in [1.29, 1.82) is 0 Å². The molecule has 0 atom stereocenters. The summed E-state index contributed by atoms with van der Waals surface area (Å²) in [5, 5.41) is 0. The first kappa shape index (κ1) is 16.2. The lowest BCUT2D eigenvalue weighted by atomic mass is 9.90. The predicted octanol–water partition coefficient (Wildman–Crippen LogP) is 2.51. The molecule has 3 rings (SSSR count). The van der Waals surface area contributed by atoms with E-state index in [1.165, 1.54) is 0 Å². The summed E-state index contributed by atoms with van der Waals surface area (Å²) in [7, 11) is 0. The Morgan fingerprint density at radius 2 is 1.17 bits per heavy atom. The molecular weight excluding hydrogens is 300 g/mol. The summed E-state index contributed by atoms with van der Waals surface area (Å²) in [4.78, 5) is 28.3. The van der Waals surface area contributed by atoms with E-state index in [0.29, 0.717) is 26.2 Å². The van der Waals surface area contributed by atoms with Crippen LogP contribution in [0.1, 0.15) is 24.0 Å². The van der Waals surface area contributed by atoms with E-state index in [-0.39, 0.29) is 17.7 Å². The summed E-state index contributed by atoms with van der Waals surface area (Å²) in [6, 6.07) is 19.8. The molecule has 2 aromatic carbocycles. The lowest BCUT2D eigenvalue weighted by Gasteiger charge is -2.36. The lowest BCUT2D eigenvalue weighted by Crippen LogP contribution is -2.51. The molecule has 1 aliphatic rings. The average Bonchev–Trinajstić information content (AvgIpc) is 2.64. The van der Waals surface area contributed by atoms with Crippen molar-refractivity contribution >= 4 is 11.8 Å². The standard InChI is InChI=1S/C20H22N2O2/c1-16(23)21-12-14-22(15-13-21)20(24)19(17-8-4-2-5-9-17)18-10-6-3-7-11-18/h2-11,19H,12-15H2,1H3. The molecule has 0 saturated carbocycles. The fourth-order valence-corrected chi connectivity index (χ4v) is 3.19. The highest BCUT2D eigenvalue weighted by Crippen LogP contribution is 2.27. The van der Waals surface area contributed by atoms with E-state index in [2.05, 4.69) is 0 Å². The van der Waals surface area contributed by atoms with Crippen molar-refractivity contribution in [2.45, 2.75) is 12.8 Å². The normalized spacial score (nSPS) is 14.8. The van der Waals surface area contributed by atoms with Gasteiger partial charge in [0.05, 0.1) is 5.92 Å². The van der Waals surface area contributed by atoms with Crippen LogP contribution in [0, 0.1) is 0 Å². The van der Waals surface area contributed by atoms with Crippen LogP contribution >= 0.6 is 0 Å². The monoisotopic (exact) mass is 322 g/mol. The molecule has 1 heterocycles. The van der Waals surface area contributed by atoms with Gasteiger partial charge in [0.25, 0.3) is 0 Å². The molecule has 1 fully saturated rings. The third-order valence-electron chi connectivity index (χ3n) is 4.55. The molecule has 0 N–H and O–H groups in total. The highest BCUT2D eigenvalue weighted by Gasteiger charge is 2.30. The second-order valence-corrected chi connectivity index (χ2v) is 6.09. The van der Waals surface area contributed by atoms with Gasteiger partial charge in [0.15, 0.2) is 0 Å². The van der Waals surface area contributed by atoms with E-state index in [0.717, 1.165) is 11.1 Å². The number of rotatable bonds is 3. The molecule has 2 amide bonds. The fraction of sp³-hybridized carbons (Fsp3) is 0.300. The van der Waals surface area contributed by atoms with Gasteiger partial charge < -0.3 is 9.80 Å². The van der Waals surface area contributed by atoms with E-state index in [1.807, 2.05) is 65.6 Å². The summed E-state index contributed by atoms with van der Waals surface area (Å²) >= 11 is 0. The highest BCUT2D eigenvalue weighted by atomic mass is 16.2. The molecule has 4 heteroatoms. The van der Waals surface area contributed by atoms with Crippen LogP contribution in [0.25, 0.3) is 0 Å². The number of hydrogen-bond donors (Lipinski definition) is 0. The summed E-state index contributed by atoms with van der Waals surface area (Å²) in [5.41, 5.74) is 2.00. The second kappa shape index (κ2) is 7.30. The summed E-state index contributed by atoms with van der Waals surface area (Å²) in [5.74, 6) is -0.114. The minimum absolute atomic E-state index is 0.0739. The molecule has 1 aliphatic heterocycles. The zero-order chi connectivity index (χ0) is 16.9. The van der Waals surface area contributed by atoms with Crippen molar-refractivity contribution in [2.75, 3.05) is 26.2 Å². The van der Waals surface area contributed by atoms with Gasteiger partial charge in [-0.1, -0.05) is 60.7 Å². The van der Waals surface area contributed by atoms with E-state index >= 15 is 0 Å². The Labute approximate surface area is 142 Å². The number of piperazine rings is 1. The maximum atomic E-state index is 13.2. The molecule has 0 aliphatic carbocycles. The molecule has 0 radical (unpaired) electrons. The van der Waals surface area contributed by atoms with Crippen molar-refractivity contribution in [1.82, 2.24) is 9.80 Å². The Morgan fingerprint density at radius 3 is 1.58 bits per heavy atom. The van der Waals surface area contributed by atoms with Crippen molar-refractivity contribution in [3.8, 4) is 0 Å². The largest absolute Gasteiger partial charge is 0.339 e. The minimum atomic E-state index is -0.295. The number of nitrogens with zero attached hydrogens (tertiary/aromatic N) is 2. The zero-order valence-electron chi connectivity index (χ0n) is 13.9. The van der Waals surface area contributed by atoms with Crippen LogP contribution in [0.2, 0.25) is 0 Å². The smallest absolute Gasteiger partial charge is 0.234 e. The average molecular weight is 322 g/mol. The number of hydrogen-bond acceptors (Lipinski definition) is 2. The van der Waals surface area contributed by atoms with Crippen molar-refractivity contribution in [3.63, 3.8) is 0 Å². The van der Waals surface area contributed by atoms with Crippen molar-refractivity contribution < 1.29 is 9.59 Å². The Hall–Kier alpha value is -2.62. The van der Waals surface area contributed by atoms with Crippen LogP contribution in [0.3, 0.4) is 0 Å². The topological polar surface area (TPSA) is 40.6 Å². The molecule has 0 bridgehead atoms. The molecule has 4 nitrogen and oxygen atoms in total. The first-order valence-corrected chi connectivity index (χ1v) is 8.31. The van der Waals surface area contributed by atoms with Gasteiger partial charge in [0, 0.05) is 33.1 Å². The van der Waals surface area contributed by atoms with Crippen LogP contribution in [-0.4, -0.2) is 47.8 Å². The Morgan fingerprint density at radius 1 is 0.750 bits per heavy atom. The van der Waals surface area contributed by atoms with Crippen LogP contribution in [-0.2, 0) is 9.59 Å². The maximum Gasteiger partial charge on any atom is 0.234 e. The Balaban J connectivity index is 1.84. The SMILES string of the molecule is CC(=O)N1CCN(C(=O)C(c2ccccc2)c2ccccc2)CC1. The molecular formula is C20H22N2O2. The summed E-state index contributed by atoms with van der Waals surface area (Å²) in [6.45, 7) is 3.98. The Kier molecular flexibility index (Phi) is 4.94. The highest BCUT2D eigenvalue weighted by molar-refractivity contribution is 5.87. The lowest BCUT2D eigenvalue weighted by molar-refractivity contribution is -0.138. The number of carbonyl (C=O) groups excluding carboxylic acids is 2. The van der Waals surface area contributed by atoms with Gasteiger partial charge in [-0.2, -0.15) is 0 Å². The first-order valence-electron chi connectivity index (χ1n) is 8.31. The van der Waals surface area contributed by atoms with E-state index < -0.39 is 0 Å². The first-order chi connectivity index (χ1) is 11.7. The molecule has 0 spiro atoms. The van der Waals surface area contributed by atoms with E-state index in [1.54, 1.807) is 11.8 Å². The third kappa shape index (κ3) is 3.48. The van der Waals surface area contributed by atoms with Gasteiger partial charge in [-0.3, -0.25) is 9.59 Å². The van der Waals surface area contributed by atoms with Crippen LogP contribution in [0.15, 0.2) is 60.7 Å². The van der Waals surface area contributed by atoms with E-state index in [9.17, 15) is 9.59 Å². The quantitative estimate of drug-likeness (QED) is 0.871. The van der Waals surface area contributed by atoms with Gasteiger partial charge in [-0.25, -0.2) is 0 Å².